The van der Waals surface area contributed by atoms with Gasteiger partial charge in [-0.1, -0.05) is 6.07 Å². The fourth-order valence-electron chi connectivity index (χ4n) is 2.78. The van der Waals surface area contributed by atoms with Gasteiger partial charge in [-0.25, -0.2) is 9.18 Å². The molecule has 2 aliphatic heterocycles. The summed E-state index contributed by atoms with van der Waals surface area (Å²) in [5, 5.41) is 3.29. The second kappa shape index (κ2) is 3.81. The van der Waals surface area contributed by atoms with Gasteiger partial charge in [0.05, 0.1) is 5.56 Å². The van der Waals surface area contributed by atoms with Gasteiger partial charge in [0.1, 0.15) is 11.4 Å². The van der Waals surface area contributed by atoms with E-state index in [-0.39, 0.29) is 11.8 Å². The van der Waals surface area contributed by atoms with Crippen molar-refractivity contribution in [2.45, 2.75) is 24.9 Å². The minimum Gasteiger partial charge on any atom is -0.450 e. The predicted octanol–water partition coefficient (Wildman–Crippen LogP) is 1.96. The van der Waals surface area contributed by atoms with Gasteiger partial charge < -0.3 is 10.1 Å². The van der Waals surface area contributed by atoms with Gasteiger partial charge in [-0.2, -0.15) is 0 Å². The van der Waals surface area contributed by atoms with Crippen LogP contribution in [0.15, 0.2) is 18.2 Å². The zero-order valence-electron chi connectivity index (χ0n) is 9.46. The standard InChI is InChI=1S/C13H14FNO2/c14-9-2-3-11-10(8-9)12(16)17-13(11)4-1-6-15-7-5-13/h2-3,8,15H,1,4-7H2. The number of rotatable bonds is 0. The molecule has 1 fully saturated rings. The van der Waals surface area contributed by atoms with E-state index in [9.17, 15) is 9.18 Å². The molecule has 1 spiro atoms. The molecular formula is C13H14FNO2. The average Bonchev–Trinajstić information content (AvgIpc) is 2.49. The third-order valence-corrected chi connectivity index (χ3v) is 3.62. The van der Waals surface area contributed by atoms with E-state index in [4.69, 9.17) is 4.74 Å². The summed E-state index contributed by atoms with van der Waals surface area (Å²) in [5.74, 6) is -0.772. The quantitative estimate of drug-likeness (QED) is 0.699. The third kappa shape index (κ3) is 1.63. The Morgan fingerprint density at radius 2 is 2.18 bits per heavy atom. The lowest BCUT2D eigenvalue weighted by atomic mass is 9.86. The molecule has 0 aliphatic carbocycles. The van der Waals surface area contributed by atoms with Gasteiger partial charge in [-0.15, -0.1) is 0 Å². The number of esters is 1. The maximum absolute atomic E-state index is 13.2. The largest absolute Gasteiger partial charge is 0.450 e. The van der Waals surface area contributed by atoms with Crippen molar-refractivity contribution < 1.29 is 13.9 Å². The molecule has 1 aromatic rings. The highest BCUT2D eigenvalue weighted by Gasteiger charge is 2.45. The van der Waals surface area contributed by atoms with E-state index in [1.54, 1.807) is 6.07 Å². The number of carbonyl (C=O) groups is 1. The smallest absolute Gasteiger partial charge is 0.339 e. The molecule has 0 radical (unpaired) electrons. The van der Waals surface area contributed by atoms with Crippen molar-refractivity contribution in [2.75, 3.05) is 13.1 Å². The van der Waals surface area contributed by atoms with E-state index in [0.29, 0.717) is 5.56 Å². The van der Waals surface area contributed by atoms with Crippen LogP contribution in [0.3, 0.4) is 0 Å². The normalized spacial score (nSPS) is 27.7. The van der Waals surface area contributed by atoms with Crippen LogP contribution >= 0.6 is 0 Å². The lowest BCUT2D eigenvalue weighted by Crippen LogP contribution is -2.27. The lowest BCUT2D eigenvalue weighted by Gasteiger charge is -2.26. The van der Waals surface area contributed by atoms with Crippen LogP contribution in [-0.4, -0.2) is 19.1 Å². The molecule has 90 valence electrons. The van der Waals surface area contributed by atoms with Crippen molar-refractivity contribution in [1.29, 1.82) is 0 Å². The van der Waals surface area contributed by atoms with E-state index in [2.05, 4.69) is 5.32 Å². The van der Waals surface area contributed by atoms with Crippen LogP contribution in [0.2, 0.25) is 0 Å². The van der Waals surface area contributed by atoms with E-state index in [1.165, 1.54) is 12.1 Å². The summed E-state index contributed by atoms with van der Waals surface area (Å²) in [6, 6.07) is 4.38. The van der Waals surface area contributed by atoms with Crippen molar-refractivity contribution in [3.8, 4) is 0 Å². The zero-order valence-corrected chi connectivity index (χ0v) is 9.46. The Morgan fingerprint density at radius 1 is 1.29 bits per heavy atom. The summed E-state index contributed by atoms with van der Waals surface area (Å²) in [6.45, 7) is 1.76. The highest BCUT2D eigenvalue weighted by atomic mass is 19.1. The number of hydrogen-bond acceptors (Lipinski definition) is 3. The summed E-state index contributed by atoms with van der Waals surface area (Å²) in [6.07, 6.45) is 2.53. The lowest BCUT2D eigenvalue weighted by molar-refractivity contribution is -0.0147. The molecule has 17 heavy (non-hydrogen) atoms. The molecule has 4 heteroatoms. The first-order valence-electron chi connectivity index (χ1n) is 5.95. The molecule has 1 aromatic carbocycles. The van der Waals surface area contributed by atoms with Crippen molar-refractivity contribution in [2.24, 2.45) is 0 Å². The number of halogens is 1. The summed E-state index contributed by atoms with van der Waals surface area (Å²) in [4.78, 5) is 11.8. The molecule has 0 saturated carbocycles. The molecule has 1 N–H and O–H groups in total. The Hall–Kier alpha value is -1.42. The van der Waals surface area contributed by atoms with Crippen LogP contribution in [0.25, 0.3) is 0 Å². The molecule has 3 nitrogen and oxygen atoms in total. The second-order valence-corrected chi connectivity index (χ2v) is 4.68. The van der Waals surface area contributed by atoms with Gasteiger partial charge in [0.25, 0.3) is 0 Å². The van der Waals surface area contributed by atoms with E-state index in [1.807, 2.05) is 0 Å². The first kappa shape index (κ1) is 10.7. The predicted molar refractivity (Wildman–Crippen MR) is 60.2 cm³/mol. The van der Waals surface area contributed by atoms with Crippen molar-refractivity contribution in [1.82, 2.24) is 5.32 Å². The van der Waals surface area contributed by atoms with Crippen molar-refractivity contribution in [3.63, 3.8) is 0 Å². The van der Waals surface area contributed by atoms with Crippen LogP contribution in [0, 0.1) is 5.82 Å². The first-order valence-corrected chi connectivity index (χ1v) is 5.95. The van der Waals surface area contributed by atoms with Gasteiger partial charge >= 0.3 is 5.97 Å². The Morgan fingerprint density at radius 3 is 3.06 bits per heavy atom. The third-order valence-electron chi connectivity index (χ3n) is 3.62. The van der Waals surface area contributed by atoms with Gasteiger partial charge in [0.15, 0.2) is 0 Å². The van der Waals surface area contributed by atoms with Crippen LogP contribution in [0.5, 0.6) is 0 Å². The summed E-state index contributed by atoms with van der Waals surface area (Å²) < 4.78 is 18.7. The molecule has 1 unspecified atom stereocenters. The summed E-state index contributed by atoms with van der Waals surface area (Å²) in [7, 11) is 0. The zero-order chi connectivity index (χ0) is 11.9. The fraction of sp³-hybridized carbons (Fsp3) is 0.462. The fourth-order valence-corrected chi connectivity index (χ4v) is 2.78. The highest BCUT2D eigenvalue weighted by Crippen LogP contribution is 2.43. The molecule has 2 heterocycles. The Bertz CT molecular complexity index is 464. The van der Waals surface area contributed by atoms with Gasteiger partial charge in [0, 0.05) is 12.0 Å². The van der Waals surface area contributed by atoms with Crippen LogP contribution < -0.4 is 5.32 Å². The van der Waals surface area contributed by atoms with Gasteiger partial charge in [-0.05, 0) is 38.1 Å². The number of nitrogens with one attached hydrogen (secondary N) is 1. The van der Waals surface area contributed by atoms with Crippen molar-refractivity contribution in [3.05, 3.63) is 35.1 Å². The Balaban J connectivity index is 2.07. The summed E-state index contributed by atoms with van der Waals surface area (Å²) in [5.41, 5.74) is 0.725. The van der Waals surface area contributed by atoms with E-state index >= 15 is 0 Å². The number of ether oxygens (including phenoxy) is 1. The second-order valence-electron chi connectivity index (χ2n) is 4.68. The first-order chi connectivity index (χ1) is 8.21. The molecule has 0 amide bonds. The molecule has 2 aliphatic rings. The minimum atomic E-state index is -0.524. The van der Waals surface area contributed by atoms with Gasteiger partial charge in [0.2, 0.25) is 0 Å². The van der Waals surface area contributed by atoms with E-state index in [0.717, 1.165) is 37.9 Å². The average molecular weight is 235 g/mol. The Kier molecular flexibility index (Phi) is 2.40. The van der Waals surface area contributed by atoms with Crippen LogP contribution in [0.1, 0.15) is 35.2 Å². The summed E-state index contributed by atoms with van der Waals surface area (Å²) >= 11 is 0. The van der Waals surface area contributed by atoms with Crippen LogP contribution in [0.4, 0.5) is 4.39 Å². The maximum atomic E-state index is 13.2. The van der Waals surface area contributed by atoms with Crippen molar-refractivity contribution >= 4 is 5.97 Å². The van der Waals surface area contributed by atoms with Crippen LogP contribution in [-0.2, 0) is 10.3 Å². The highest BCUT2D eigenvalue weighted by molar-refractivity contribution is 5.94. The SMILES string of the molecule is O=C1OC2(CCCNCC2)c2ccc(F)cc21. The molecular weight excluding hydrogens is 221 g/mol. The molecule has 1 saturated heterocycles. The van der Waals surface area contributed by atoms with E-state index < -0.39 is 5.60 Å². The van der Waals surface area contributed by atoms with Gasteiger partial charge in [-0.3, -0.25) is 0 Å². The number of benzene rings is 1. The molecule has 3 rings (SSSR count). The minimum absolute atomic E-state index is 0.385. The molecule has 0 aromatic heterocycles. The number of carbonyl (C=O) groups excluding carboxylic acids is 1. The molecule has 0 bridgehead atoms. The molecule has 1 atom stereocenters. The number of fused-ring (bicyclic) bond motifs is 2. The monoisotopic (exact) mass is 235 g/mol. The number of hydrogen-bond donors (Lipinski definition) is 1. The topological polar surface area (TPSA) is 38.3 Å². The maximum Gasteiger partial charge on any atom is 0.339 e. The Labute approximate surface area is 99.0 Å².